The second kappa shape index (κ2) is 10.9. The first-order chi connectivity index (χ1) is 17.3. The lowest BCUT2D eigenvalue weighted by molar-refractivity contribution is -0.106. The van der Waals surface area contributed by atoms with Crippen LogP contribution in [0.4, 0.5) is 17.1 Å². The van der Waals surface area contributed by atoms with Crippen LogP contribution in [-0.4, -0.2) is 13.0 Å². The molecule has 174 valence electrons. The van der Waals surface area contributed by atoms with Crippen LogP contribution < -0.4 is 10.2 Å². The number of aryl methyl sites for hydroxylation is 1. The van der Waals surface area contributed by atoms with E-state index in [9.17, 15) is 4.79 Å². The number of nitrogens with zero attached hydrogens (tertiary/aromatic N) is 1. The molecule has 0 saturated heterocycles. The summed E-state index contributed by atoms with van der Waals surface area (Å²) in [6.45, 7) is 0.863. The summed E-state index contributed by atoms with van der Waals surface area (Å²) >= 11 is 0. The highest BCUT2D eigenvalue weighted by Gasteiger charge is 2.16. The third kappa shape index (κ3) is 5.20. The molecular weight excluding hydrogens is 428 g/mol. The Morgan fingerprint density at radius 3 is 2.11 bits per heavy atom. The van der Waals surface area contributed by atoms with Gasteiger partial charge in [-0.1, -0.05) is 97.4 Å². The van der Waals surface area contributed by atoms with E-state index in [0.29, 0.717) is 0 Å². The lowest BCUT2D eigenvalue weighted by Gasteiger charge is -2.24. The van der Waals surface area contributed by atoms with Crippen molar-refractivity contribution < 1.29 is 4.79 Å². The maximum absolute atomic E-state index is 12.5. The summed E-state index contributed by atoms with van der Waals surface area (Å²) < 4.78 is 0. The molecule has 0 aliphatic carbocycles. The number of nitrogens with one attached hydrogen (secondary N) is 1. The Morgan fingerprint density at radius 1 is 0.629 bits per heavy atom. The number of benzene rings is 5. The molecule has 0 aliphatic heterocycles. The van der Waals surface area contributed by atoms with Gasteiger partial charge in [-0.2, -0.15) is 0 Å². The van der Waals surface area contributed by atoms with Crippen molar-refractivity contribution in [3.63, 3.8) is 0 Å². The predicted octanol–water partition coefficient (Wildman–Crippen LogP) is 8.11. The van der Waals surface area contributed by atoms with Crippen LogP contribution in [-0.2, 0) is 11.2 Å². The van der Waals surface area contributed by atoms with Crippen molar-refractivity contribution in [1.82, 2.24) is 0 Å². The summed E-state index contributed by atoms with van der Waals surface area (Å²) in [7, 11) is 0. The first-order valence-corrected chi connectivity index (χ1v) is 12.4. The van der Waals surface area contributed by atoms with Crippen LogP contribution in [0.1, 0.15) is 24.8 Å². The number of carbonyl (C=O) groups is 1. The van der Waals surface area contributed by atoms with Gasteiger partial charge in [-0.05, 0) is 59.2 Å². The van der Waals surface area contributed by atoms with Gasteiger partial charge in [-0.3, -0.25) is 9.69 Å². The molecule has 35 heavy (non-hydrogen) atoms. The van der Waals surface area contributed by atoms with Gasteiger partial charge in [0.2, 0.25) is 6.41 Å². The Bertz CT molecular complexity index is 1420. The van der Waals surface area contributed by atoms with Crippen LogP contribution >= 0.6 is 0 Å². The highest BCUT2D eigenvalue weighted by atomic mass is 16.1. The lowest BCUT2D eigenvalue weighted by atomic mass is 10.0. The topological polar surface area (TPSA) is 32.3 Å². The molecule has 3 heteroatoms. The minimum atomic E-state index is 0.863. The highest BCUT2D eigenvalue weighted by Crippen LogP contribution is 2.38. The van der Waals surface area contributed by atoms with E-state index in [1.54, 1.807) is 4.90 Å². The zero-order valence-corrected chi connectivity index (χ0v) is 19.9. The van der Waals surface area contributed by atoms with Gasteiger partial charge < -0.3 is 5.32 Å². The van der Waals surface area contributed by atoms with E-state index >= 15 is 0 Å². The van der Waals surface area contributed by atoms with Crippen LogP contribution in [0.2, 0.25) is 0 Å². The molecule has 3 nitrogen and oxygen atoms in total. The van der Waals surface area contributed by atoms with Crippen molar-refractivity contribution in [2.75, 3.05) is 16.8 Å². The number of hydrogen-bond donors (Lipinski definition) is 1. The van der Waals surface area contributed by atoms with Crippen LogP contribution in [0, 0.1) is 0 Å². The largest absolute Gasteiger partial charge is 0.383 e. The average Bonchev–Trinajstić information content (AvgIpc) is 2.92. The van der Waals surface area contributed by atoms with E-state index in [4.69, 9.17) is 0 Å². The minimum Gasteiger partial charge on any atom is -0.383 e. The Morgan fingerprint density at radius 2 is 1.31 bits per heavy atom. The maximum Gasteiger partial charge on any atom is 0.218 e. The molecule has 0 spiro atoms. The summed E-state index contributed by atoms with van der Waals surface area (Å²) in [5, 5.41) is 8.08. The number of carbonyl (C=O) groups excluding carboxylic acids is 1. The molecule has 0 heterocycles. The van der Waals surface area contributed by atoms with E-state index in [1.807, 2.05) is 30.3 Å². The summed E-state index contributed by atoms with van der Waals surface area (Å²) in [5.41, 5.74) is 4.14. The van der Waals surface area contributed by atoms with Crippen molar-refractivity contribution in [3.05, 3.63) is 115 Å². The third-order valence-electron chi connectivity index (χ3n) is 6.56. The van der Waals surface area contributed by atoms with Gasteiger partial charge in [0.25, 0.3) is 0 Å². The summed E-state index contributed by atoms with van der Waals surface area (Å²) in [5.74, 6) is 0. The molecule has 0 radical (unpaired) electrons. The molecule has 1 amide bonds. The van der Waals surface area contributed by atoms with Crippen molar-refractivity contribution >= 4 is 45.0 Å². The SMILES string of the molecule is O=CN(c1cc2ccccc2cc1NCCCCCc1ccccc1)c1cccc2ccccc12. The standard InChI is InChI=1S/C32H30N2O/c35-24-34(31-20-11-18-26-15-8-9-19-29(26)31)32-23-28-17-7-6-16-27(28)22-30(32)33-21-10-2-5-14-25-12-3-1-4-13-25/h1,3-4,6-9,11-13,15-20,22-24,33H,2,5,10,14,21H2. The number of hydrogen-bond acceptors (Lipinski definition) is 2. The molecule has 5 aromatic carbocycles. The molecule has 0 bridgehead atoms. The van der Waals surface area contributed by atoms with Gasteiger partial charge >= 0.3 is 0 Å². The fraction of sp³-hybridized carbons (Fsp3) is 0.156. The zero-order valence-electron chi connectivity index (χ0n) is 19.9. The zero-order chi connectivity index (χ0) is 23.9. The Hall–Kier alpha value is -4.11. The lowest BCUT2D eigenvalue weighted by Crippen LogP contribution is -2.17. The monoisotopic (exact) mass is 458 g/mol. The number of amides is 1. The third-order valence-corrected chi connectivity index (χ3v) is 6.56. The molecule has 0 unspecified atom stereocenters. The first-order valence-electron chi connectivity index (χ1n) is 12.4. The number of rotatable bonds is 10. The van der Waals surface area contributed by atoms with Gasteiger partial charge in [-0.25, -0.2) is 0 Å². The van der Waals surface area contributed by atoms with Gasteiger partial charge in [0.05, 0.1) is 17.1 Å². The second-order valence-corrected chi connectivity index (χ2v) is 8.91. The fourth-order valence-electron chi connectivity index (χ4n) is 4.73. The summed E-state index contributed by atoms with van der Waals surface area (Å²) in [4.78, 5) is 14.3. The Balaban J connectivity index is 1.38. The smallest absolute Gasteiger partial charge is 0.218 e. The fourth-order valence-corrected chi connectivity index (χ4v) is 4.73. The van der Waals surface area contributed by atoms with Crippen molar-refractivity contribution in [2.45, 2.75) is 25.7 Å². The second-order valence-electron chi connectivity index (χ2n) is 8.91. The number of fused-ring (bicyclic) bond motifs is 2. The van der Waals surface area contributed by atoms with Crippen molar-refractivity contribution in [2.24, 2.45) is 0 Å². The van der Waals surface area contributed by atoms with E-state index in [0.717, 1.165) is 70.8 Å². The van der Waals surface area contributed by atoms with Gasteiger partial charge in [0.1, 0.15) is 0 Å². The van der Waals surface area contributed by atoms with Crippen LogP contribution in [0.3, 0.4) is 0 Å². The van der Waals surface area contributed by atoms with E-state index in [1.165, 1.54) is 12.0 Å². The molecule has 0 fully saturated rings. The van der Waals surface area contributed by atoms with Gasteiger partial charge in [0.15, 0.2) is 0 Å². The summed E-state index contributed by atoms with van der Waals surface area (Å²) in [6, 6.07) is 37.5. The van der Waals surface area contributed by atoms with Crippen LogP contribution in [0.15, 0.2) is 109 Å². The minimum absolute atomic E-state index is 0.863. The molecule has 0 aliphatic rings. The Kier molecular flexibility index (Phi) is 7.05. The normalized spacial score (nSPS) is 11.0. The quantitative estimate of drug-likeness (QED) is 0.169. The Labute approximate surface area is 207 Å². The molecule has 0 aromatic heterocycles. The average molecular weight is 459 g/mol. The molecule has 0 atom stereocenters. The van der Waals surface area contributed by atoms with Crippen LogP contribution in [0.25, 0.3) is 21.5 Å². The number of anilines is 3. The van der Waals surface area contributed by atoms with E-state index in [2.05, 4.69) is 84.2 Å². The highest BCUT2D eigenvalue weighted by molar-refractivity contribution is 6.06. The molecule has 0 saturated carbocycles. The van der Waals surface area contributed by atoms with Gasteiger partial charge in [0, 0.05) is 11.9 Å². The first kappa shape index (κ1) is 22.7. The maximum atomic E-state index is 12.5. The molecule has 1 N–H and O–H groups in total. The molecule has 5 rings (SSSR count). The number of unbranched alkanes of at least 4 members (excludes halogenated alkanes) is 2. The van der Waals surface area contributed by atoms with Crippen molar-refractivity contribution in [3.8, 4) is 0 Å². The van der Waals surface area contributed by atoms with Gasteiger partial charge in [-0.15, -0.1) is 0 Å². The summed E-state index contributed by atoms with van der Waals surface area (Å²) in [6.07, 6.45) is 5.45. The molecule has 5 aromatic rings. The molecular formula is C32H30N2O. The van der Waals surface area contributed by atoms with Crippen LogP contribution in [0.5, 0.6) is 0 Å². The van der Waals surface area contributed by atoms with E-state index in [-0.39, 0.29) is 0 Å². The predicted molar refractivity (Wildman–Crippen MR) is 149 cm³/mol. The van der Waals surface area contributed by atoms with Crippen molar-refractivity contribution in [1.29, 1.82) is 0 Å². The van der Waals surface area contributed by atoms with E-state index < -0.39 is 0 Å².